The molecule has 1 aromatic rings. The lowest BCUT2D eigenvalue weighted by molar-refractivity contribution is 0.175. The average molecular weight is 224 g/mol. The molecule has 3 N–H and O–H groups in total. The summed E-state index contributed by atoms with van der Waals surface area (Å²) < 4.78 is 0. The first-order chi connectivity index (χ1) is 7.26. The first kappa shape index (κ1) is 11.1. The summed E-state index contributed by atoms with van der Waals surface area (Å²) in [5.41, 5.74) is 6.54. The molecule has 0 radical (unpaired) electrons. The van der Waals surface area contributed by atoms with E-state index in [1.54, 1.807) is 11.3 Å². The van der Waals surface area contributed by atoms with Crippen LogP contribution >= 0.6 is 11.3 Å². The Balaban J connectivity index is 1.82. The molecule has 1 aliphatic carbocycles. The van der Waals surface area contributed by atoms with Gasteiger partial charge in [0.2, 0.25) is 0 Å². The third-order valence-corrected chi connectivity index (χ3v) is 4.60. The third-order valence-electron chi connectivity index (χ3n) is 3.59. The van der Waals surface area contributed by atoms with Gasteiger partial charge in [0.15, 0.2) is 0 Å². The molecule has 0 spiro atoms. The van der Waals surface area contributed by atoms with E-state index < -0.39 is 0 Å². The number of hydrogen-bond acceptors (Lipinski definition) is 3. The first-order valence-electron chi connectivity index (χ1n) is 5.80. The highest BCUT2D eigenvalue weighted by Crippen LogP contribution is 2.34. The first-order valence-corrected chi connectivity index (χ1v) is 6.68. The number of nitrogens with two attached hydrogens (primary N) is 1. The molecule has 0 saturated heterocycles. The van der Waals surface area contributed by atoms with Crippen molar-refractivity contribution in [3.05, 3.63) is 22.4 Å². The quantitative estimate of drug-likeness (QED) is 0.807. The van der Waals surface area contributed by atoms with Crippen molar-refractivity contribution in [2.24, 2.45) is 5.73 Å². The van der Waals surface area contributed by atoms with Gasteiger partial charge in [-0.1, -0.05) is 13.0 Å². The van der Waals surface area contributed by atoms with E-state index in [0.717, 1.165) is 6.54 Å². The Labute approximate surface area is 95.9 Å². The lowest BCUT2D eigenvalue weighted by atomic mass is 9.75. The van der Waals surface area contributed by atoms with Crippen LogP contribution in [0.25, 0.3) is 0 Å². The SMILES string of the molecule is CCC1(NCC(N)c2cccs2)CCC1. The fraction of sp³-hybridized carbons (Fsp3) is 0.667. The van der Waals surface area contributed by atoms with Crippen molar-refractivity contribution in [3.63, 3.8) is 0 Å². The Bertz CT molecular complexity index is 285. The van der Waals surface area contributed by atoms with Gasteiger partial charge >= 0.3 is 0 Å². The number of thiophene rings is 1. The van der Waals surface area contributed by atoms with Gasteiger partial charge in [-0.25, -0.2) is 0 Å². The van der Waals surface area contributed by atoms with E-state index in [2.05, 4.69) is 29.8 Å². The molecule has 1 atom stereocenters. The van der Waals surface area contributed by atoms with Crippen molar-refractivity contribution in [3.8, 4) is 0 Å². The summed E-state index contributed by atoms with van der Waals surface area (Å²) in [5, 5.41) is 5.74. The zero-order chi connectivity index (χ0) is 10.7. The van der Waals surface area contributed by atoms with Gasteiger partial charge < -0.3 is 11.1 Å². The molecule has 1 saturated carbocycles. The van der Waals surface area contributed by atoms with Crippen molar-refractivity contribution >= 4 is 11.3 Å². The second-order valence-electron chi connectivity index (χ2n) is 4.49. The molecule has 1 heterocycles. The molecule has 1 aliphatic rings. The van der Waals surface area contributed by atoms with Crippen molar-refractivity contribution < 1.29 is 0 Å². The van der Waals surface area contributed by atoms with Crippen LogP contribution in [0, 0.1) is 0 Å². The zero-order valence-corrected chi connectivity index (χ0v) is 10.1. The molecule has 15 heavy (non-hydrogen) atoms. The maximum atomic E-state index is 6.13. The normalized spacial score (nSPS) is 20.9. The molecular formula is C12H20N2S. The second kappa shape index (κ2) is 4.64. The molecule has 1 unspecified atom stereocenters. The summed E-state index contributed by atoms with van der Waals surface area (Å²) in [7, 11) is 0. The molecule has 0 bridgehead atoms. The minimum Gasteiger partial charge on any atom is -0.322 e. The van der Waals surface area contributed by atoms with Gasteiger partial charge in [-0.3, -0.25) is 0 Å². The molecular weight excluding hydrogens is 204 g/mol. The van der Waals surface area contributed by atoms with Crippen LogP contribution in [0.2, 0.25) is 0 Å². The van der Waals surface area contributed by atoms with Crippen molar-refractivity contribution in [2.75, 3.05) is 6.54 Å². The van der Waals surface area contributed by atoms with Crippen molar-refractivity contribution in [1.29, 1.82) is 0 Å². The van der Waals surface area contributed by atoms with Crippen molar-refractivity contribution in [1.82, 2.24) is 5.32 Å². The zero-order valence-electron chi connectivity index (χ0n) is 9.33. The van der Waals surface area contributed by atoms with E-state index in [1.807, 2.05) is 0 Å². The van der Waals surface area contributed by atoms with Crippen LogP contribution in [-0.4, -0.2) is 12.1 Å². The van der Waals surface area contributed by atoms with Gasteiger partial charge in [-0.15, -0.1) is 11.3 Å². The van der Waals surface area contributed by atoms with Gasteiger partial charge in [0.25, 0.3) is 0 Å². The fourth-order valence-corrected chi connectivity index (χ4v) is 2.92. The van der Waals surface area contributed by atoms with Crippen molar-refractivity contribution in [2.45, 2.75) is 44.2 Å². The Hall–Kier alpha value is -0.380. The van der Waals surface area contributed by atoms with E-state index in [9.17, 15) is 0 Å². The summed E-state index contributed by atoms with van der Waals surface area (Å²) in [6.45, 7) is 3.18. The highest BCUT2D eigenvalue weighted by Gasteiger charge is 2.34. The third kappa shape index (κ3) is 2.41. The van der Waals surface area contributed by atoms with Gasteiger partial charge in [0.1, 0.15) is 0 Å². The molecule has 2 rings (SSSR count). The van der Waals surface area contributed by atoms with E-state index in [4.69, 9.17) is 5.73 Å². The van der Waals surface area contributed by atoms with Crippen LogP contribution in [-0.2, 0) is 0 Å². The predicted molar refractivity (Wildman–Crippen MR) is 66.1 cm³/mol. The largest absolute Gasteiger partial charge is 0.322 e. The topological polar surface area (TPSA) is 38.0 Å². The minimum absolute atomic E-state index is 0.161. The minimum atomic E-state index is 0.161. The molecule has 1 fully saturated rings. The molecule has 0 amide bonds. The summed E-state index contributed by atoms with van der Waals surface area (Å²) in [6.07, 6.45) is 5.24. The lowest BCUT2D eigenvalue weighted by Gasteiger charge is -2.43. The maximum Gasteiger partial charge on any atom is 0.0516 e. The Kier molecular flexibility index (Phi) is 3.44. The molecule has 0 aliphatic heterocycles. The molecule has 0 aromatic carbocycles. The summed E-state index contributed by atoms with van der Waals surface area (Å²) in [5.74, 6) is 0. The Morgan fingerprint density at radius 1 is 1.60 bits per heavy atom. The Morgan fingerprint density at radius 2 is 2.40 bits per heavy atom. The van der Waals surface area contributed by atoms with Crippen LogP contribution in [0.3, 0.4) is 0 Å². The maximum absolute atomic E-state index is 6.13. The summed E-state index contributed by atoms with van der Waals surface area (Å²) in [6, 6.07) is 4.35. The highest BCUT2D eigenvalue weighted by atomic mass is 32.1. The molecule has 84 valence electrons. The second-order valence-corrected chi connectivity index (χ2v) is 5.47. The van der Waals surface area contributed by atoms with Crippen LogP contribution in [0.4, 0.5) is 0 Å². The van der Waals surface area contributed by atoms with Gasteiger partial charge in [0, 0.05) is 17.0 Å². The molecule has 1 aromatic heterocycles. The Morgan fingerprint density at radius 3 is 2.87 bits per heavy atom. The highest BCUT2D eigenvalue weighted by molar-refractivity contribution is 7.10. The molecule has 2 nitrogen and oxygen atoms in total. The lowest BCUT2D eigenvalue weighted by Crippen LogP contribution is -2.52. The van der Waals surface area contributed by atoms with E-state index in [1.165, 1.54) is 30.6 Å². The van der Waals surface area contributed by atoms with Crippen LogP contribution in [0.15, 0.2) is 17.5 Å². The van der Waals surface area contributed by atoms with E-state index in [-0.39, 0.29) is 6.04 Å². The standard InChI is InChI=1S/C12H20N2S/c1-2-12(6-4-7-12)14-9-10(13)11-5-3-8-15-11/h3,5,8,10,14H,2,4,6-7,9,13H2,1H3. The van der Waals surface area contributed by atoms with Gasteiger partial charge in [-0.05, 0) is 37.1 Å². The van der Waals surface area contributed by atoms with E-state index >= 15 is 0 Å². The summed E-state index contributed by atoms with van der Waals surface area (Å²) >= 11 is 1.75. The van der Waals surface area contributed by atoms with Crippen LogP contribution in [0.1, 0.15) is 43.5 Å². The monoisotopic (exact) mass is 224 g/mol. The number of hydrogen-bond donors (Lipinski definition) is 2. The van der Waals surface area contributed by atoms with E-state index in [0.29, 0.717) is 5.54 Å². The van der Waals surface area contributed by atoms with Crippen LogP contribution in [0.5, 0.6) is 0 Å². The predicted octanol–water partition coefficient (Wildman–Crippen LogP) is 2.67. The van der Waals surface area contributed by atoms with Crippen LogP contribution < -0.4 is 11.1 Å². The average Bonchev–Trinajstić information content (AvgIpc) is 2.69. The van der Waals surface area contributed by atoms with Gasteiger partial charge in [0.05, 0.1) is 6.04 Å². The molecule has 3 heteroatoms. The number of rotatable bonds is 5. The smallest absolute Gasteiger partial charge is 0.0516 e. The van der Waals surface area contributed by atoms with Gasteiger partial charge in [-0.2, -0.15) is 0 Å². The number of nitrogens with one attached hydrogen (secondary N) is 1. The fourth-order valence-electron chi connectivity index (χ4n) is 2.19. The summed E-state index contributed by atoms with van der Waals surface area (Å²) in [4.78, 5) is 1.29.